The number of carbonyl (C=O) groups excluding carboxylic acids is 1. The Kier molecular flexibility index (Phi) is 5.53. The lowest BCUT2D eigenvalue weighted by atomic mass is 9.92. The second kappa shape index (κ2) is 8.07. The Morgan fingerprint density at radius 2 is 1.93 bits per heavy atom. The second-order valence-electron chi connectivity index (χ2n) is 7.97. The van der Waals surface area contributed by atoms with Crippen LogP contribution in [0.3, 0.4) is 0 Å². The topological polar surface area (TPSA) is 63.9 Å². The molecule has 1 aliphatic rings. The van der Waals surface area contributed by atoms with Gasteiger partial charge in [0, 0.05) is 25.0 Å². The molecule has 2 atom stereocenters. The van der Waals surface area contributed by atoms with Crippen molar-refractivity contribution in [3.8, 4) is 0 Å². The maximum atomic E-state index is 12.7. The van der Waals surface area contributed by atoms with Crippen molar-refractivity contribution in [2.24, 2.45) is 11.8 Å². The summed E-state index contributed by atoms with van der Waals surface area (Å²) in [5.74, 6) is 1.66. The smallest absolute Gasteiger partial charge is 0.233 e. The Morgan fingerprint density at radius 3 is 2.68 bits per heavy atom. The molecule has 7 heteroatoms. The van der Waals surface area contributed by atoms with E-state index in [1.165, 1.54) is 18.2 Å². The lowest BCUT2D eigenvalue weighted by molar-refractivity contribution is -0.130. The van der Waals surface area contributed by atoms with Gasteiger partial charge < -0.3 is 9.47 Å². The van der Waals surface area contributed by atoms with E-state index in [-0.39, 0.29) is 5.91 Å². The van der Waals surface area contributed by atoms with Gasteiger partial charge in [0.2, 0.25) is 11.1 Å². The Labute approximate surface area is 169 Å². The highest BCUT2D eigenvalue weighted by Gasteiger charge is 2.25. The molecular weight excluding hydrogens is 370 g/mol. The zero-order valence-corrected chi connectivity index (χ0v) is 17.6. The summed E-state index contributed by atoms with van der Waals surface area (Å²) >= 11 is 1.39. The van der Waals surface area contributed by atoms with Crippen molar-refractivity contribution in [3.05, 3.63) is 24.3 Å². The van der Waals surface area contributed by atoms with E-state index >= 15 is 0 Å². The van der Waals surface area contributed by atoms with Crippen LogP contribution in [0.5, 0.6) is 0 Å². The van der Waals surface area contributed by atoms with E-state index in [9.17, 15) is 4.79 Å². The van der Waals surface area contributed by atoms with Gasteiger partial charge in [0.15, 0.2) is 5.65 Å². The SMILES string of the molecule is CCCn1c2ccccc2c2nnc(SCC(=O)N3CC(C)CC(C)C3)nc21. The van der Waals surface area contributed by atoms with Gasteiger partial charge in [-0.1, -0.05) is 50.7 Å². The van der Waals surface area contributed by atoms with Crippen LogP contribution in [-0.2, 0) is 11.3 Å². The minimum absolute atomic E-state index is 0.168. The van der Waals surface area contributed by atoms with Gasteiger partial charge in [-0.15, -0.1) is 10.2 Å². The standard InChI is InChI=1S/C21H27N5OS/c1-4-9-26-17-8-6-5-7-16(17)19-20(26)22-21(24-23-19)28-13-18(27)25-11-14(2)10-15(3)12-25/h5-8,14-15H,4,9-13H2,1-3H3. The number of nitrogens with zero attached hydrogens (tertiary/aromatic N) is 5. The monoisotopic (exact) mass is 397 g/mol. The lowest BCUT2D eigenvalue weighted by Crippen LogP contribution is -2.43. The van der Waals surface area contributed by atoms with Gasteiger partial charge >= 0.3 is 0 Å². The Bertz CT molecular complexity index is 991. The van der Waals surface area contributed by atoms with Crippen LogP contribution in [0.15, 0.2) is 29.4 Å². The molecule has 0 aliphatic carbocycles. The number of benzene rings is 1. The molecule has 3 aromatic rings. The molecule has 4 rings (SSSR count). The summed E-state index contributed by atoms with van der Waals surface area (Å²) in [4.78, 5) is 19.4. The molecule has 148 valence electrons. The summed E-state index contributed by atoms with van der Waals surface area (Å²) in [6.07, 6.45) is 2.21. The van der Waals surface area contributed by atoms with Gasteiger partial charge in [0.05, 0.1) is 11.3 Å². The fraction of sp³-hybridized carbons (Fsp3) is 0.524. The van der Waals surface area contributed by atoms with Crippen molar-refractivity contribution in [3.63, 3.8) is 0 Å². The number of para-hydroxylation sites is 1. The van der Waals surface area contributed by atoms with Gasteiger partial charge in [-0.3, -0.25) is 4.79 Å². The molecule has 2 unspecified atom stereocenters. The van der Waals surface area contributed by atoms with Gasteiger partial charge in [-0.2, -0.15) is 0 Å². The van der Waals surface area contributed by atoms with Gasteiger partial charge in [0.25, 0.3) is 0 Å². The number of aryl methyl sites for hydroxylation is 1. The van der Waals surface area contributed by atoms with Crippen LogP contribution in [0.2, 0.25) is 0 Å². The molecule has 1 amide bonds. The van der Waals surface area contributed by atoms with Crippen LogP contribution < -0.4 is 0 Å². The molecule has 1 fully saturated rings. The summed E-state index contributed by atoms with van der Waals surface area (Å²) in [5.41, 5.74) is 2.82. The normalized spacial score (nSPS) is 20.2. The third-order valence-corrected chi connectivity index (χ3v) is 6.17. The maximum Gasteiger partial charge on any atom is 0.233 e. The number of carbonyl (C=O) groups is 1. The van der Waals surface area contributed by atoms with Crippen LogP contribution in [0.4, 0.5) is 0 Å². The van der Waals surface area contributed by atoms with Crippen LogP contribution >= 0.6 is 11.8 Å². The zero-order valence-electron chi connectivity index (χ0n) is 16.8. The number of piperidine rings is 1. The molecule has 0 spiro atoms. The van der Waals surface area contributed by atoms with E-state index < -0.39 is 0 Å². The van der Waals surface area contributed by atoms with Crippen LogP contribution in [-0.4, -0.2) is 49.4 Å². The van der Waals surface area contributed by atoms with Crippen molar-refractivity contribution in [2.45, 2.75) is 45.3 Å². The summed E-state index contributed by atoms with van der Waals surface area (Å²) in [7, 11) is 0. The second-order valence-corrected chi connectivity index (χ2v) is 8.91. The quantitative estimate of drug-likeness (QED) is 0.609. The van der Waals surface area contributed by atoms with E-state index in [1.807, 2.05) is 17.0 Å². The molecule has 0 bridgehead atoms. The molecule has 1 aromatic carbocycles. The molecule has 1 saturated heterocycles. The van der Waals surface area contributed by atoms with Crippen molar-refractivity contribution in [2.75, 3.05) is 18.8 Å². The molecule has 0 radical (unpaired) electrons. The molecule has 0 saturated carbocycles. The van der Waals surface area contributed by atoms with Crippen molar-refractivity contribution >= 4 is 39.7 Å². The summed E-state index contributed by atoms with van der Waals surface area (Å²) in [6.45, 7) is 9.19. The van der Waals surface area contributed by atoms with E-state index in [2.05, 4.69) is 47.7 Å². The van der Waals surface area contributed by atoms with Crippen LogP contribution in [0, 0.1) is 11.8 Å². The number of fused-ring (bicyclic) bond motifs is 3. The number of likely N-dealkylation sites (tertiary alicyclic amines) is 1. The number of amides is 1. The van der Waals surface area contributed by atoms with Crippen molar-refractivity contribution < 1.29 is 4.79 Å². The molecule has 2 aromatic heterocycles. The molecule has 6 nitrogen and oxygen atoms in total. The van der Waals surface area contributed by atoms with Crippen molar-refractivity contribution in [1.29, 1.82) is 0 Å². The summed E-state index contributed by atoms with van der Waals surface area (Å²) in [5, 5.41) is 10.4. The highest BCUT2D eigenvalue weighted by atomic mass is 32.2. The van der Waals surface area contributed by atoms with E-state index in [0.29, 0.717) is 22.7 Å². The third kappa shape index (κ3) is 3.72. The highest BCUT2D eigenvalue weighted by molar-refractivity contribution is 7.99. The zero-order chi connectivity index (χ0) is 19.7. The van der Waals surface area contributed by atoms with Crippen LogP contribution in [0.1, 0.15) is 33.6 Å². The number of aromatic nitrogens is 4. The van der Waals surface area contributed by atoms with E-state index in [1.54, 1.807) is 0 Å². The molecule has 1 aliphatic heterocycles. The predicted molar refractivity (Wildman–Crippen MR) is 113 cm³/mol. The first-order chi connectivity index (χ1) is 13.6. The minimum atomic E-state index is 0.168. The first-order valence-electron chi connectivity index (χ1n) is 10.1. The van der Waals surface area contributed by atoms with Crippen molar-refractivity contribution in [1.82, 2.24) is 24.6 Å². The summed E-state index contributed by atoms with van der Waals surface area (Å²) in [6, 6.07) is 8.22. The van der Waals surface area contributed by atoms with Gasteiger partial charge in [-0.25, -0.2) is 4.98 Å². The maximum absolute atomic E-state index is 12.7. The third-order valence-electron chi connectivity index (χ3n) is 5.35. The average molecular weight is 398 g/mol. The highest BCUT2D eigenvalue weighted by Crippen LogP contribution is 2.28. The Balaban J connectivity index is 1.55. The predicted octanol–water partition coefficient (Wildman–Crippen LogP) is 3.99. The molecule has 0 N–H and O–H groups in total. The fourth-order valence-corrected chi connectivity index (χ4v) is 4.97. The number of hydrogen-bond acceptors (Lipinski definition) is 5. The molecular formula is C21H27N5OS. The van der Waals surface area contributed by atoms with Crippen LogP contribution in [0.25, 0.3) is 22.1 Å². The van der Waals surface area contributed by atoms with Gasteiger partial charge in [-0.05, 0) is 30.7 Å². The number of hydrogen-bond donors (Lipinski definition) is 0. The molecule has 28 heavy (non-hydrogen) atoms. The first kappa shape index (κ1) is 19.2. The summed E-state index contributed by atoms with van der Waals surface area (Å²) < 4.78 is 2.21. The number of thioether (sulfide) groups is 1. The lowest BCUT2D eigenvalue weighted by Gasteiger charge is -2.34. The fourth-order valence-electron chi connectivity index (χ4n) is 4.28. The largest absolute Gasteiger partial charge is 0.341 e. The Hall–Kier alpha value is -2.15. The number of rotatable bonds is 5. The van der Waals surface area contributed by atoms with E-state index in [0.717, 1.165) is 48.1 Å². The minimum Gasteiger partial charge on any atom is -0.341 e. The Morgan fingerprint density at radius 1 is 1.18 bits per heavy atom. The average Bonchev–Trinajstić information content (AvgIpc) is 2.99. The first-order valence-corrected chi connectivity index (χ1v) is 11.1. The van der Waals surface area contributed by atoms with E-state index in [4.69, 9.17) is 4.98 Å². The van der Waals surface area contributed by atoms with Gasteiger partial charge in [0.1, 0.15) is 5.52 Å². The molecule has 3 heterocycles.